The molecule has 1 aromatic heterocycles. The first-order valence-corrected chi connectivity index (χ1v) is 7.97. The summed E-state index contributed by atoms with van der Waals surface area (Å²) in [6.45, 7) is 3.55. The minimum atomic E-state index is -0.0623. The summed E-state index contributed by atoms with van der Waals surface area (Å²) < 4.78 is 3.12. The summed E-state index contributed by atoms with van der Waals surface area (Å²) >= 11 is 3.58. The molecular weight excluding hydrogens is 330 g/mol. The van der Waals surface area contributed by atoms with E-state index < -0.39 is 0 Å². The van der Waals surface area contributed by atoms with E-state index in [2.05, 4.69) is 37.1 Å². The smallest absolute Gasteiger partial charge is 0.221 e. The molecule has 1 aromatic carbocycles. The van der Waals surface area contributed by atoms with Gasteiger partial charge in [0.1, 0.15) is 0 Å². The second-order valence-electron chi connectivity index (χ2n) is 5.57. The maximum atomic E-state index is 11.5. The van der Waals surface area contributed by atoms with E-state index in [0.29, 0.717) is 6.04 Å². The monoisotopic (exact) mass is 347 g/mol. The molecule has 5 heteroatoms. The van der Waals surface area contributed by atoms with Crippen molar-refractivity contribution in [1.82, 2.24) is 9.78 Å². The standard InChI is InChI=1S/C16H18BrN3O/c1-10-8-15(19-11(2)21)13(9-14(10)17)16-6-7-18-20(16)12-4-3-5-12/h6-9,12H,3-5H2,1-2H3,(H,19,21). The van der Waals surface area contributed by atoms with Crippen LogP contribution in [0.1, 0.15) is 37.8 Å². The third-order valence-electron chi connectivity index (χ3n) is 3.98. The number of carbonyl (C=O) groups excluding carboxylic acids is 1. The fraction of sp³-hybridized carbons (Fsp3) is 0.375. The van der Waals surface area contributed by atoms with Crippen LogP contribution < -0.4 is 5.32 Å². The number of nitrogens with one attached hydrogen (secondary N) is 1. The van der Waals surface area contributed by atoms with Gasteiger partial charge in [-0.3, -0.25) is 9.48 Å². The van der Waals surface area contributed by atoms with Gasteiger partial charge in [-0.1, -0.05) is 15.9 Å². The predicted molar refractivity (Wildman–Crippen MR) is 87.3 cm³/mol. The molecule has 0 bridgehead atoms. The zero-order valence-corrected chi connectivity index (χ0v) is 13.8. The quantitative estimate of drug-likeness (QED) is 0.899. The second-order valence-corrected chi connectivity index (χ2v) is 6.43. The second kappa shape index (κ2) is 5.64. The van der Waals surface area contributed by atoms with E-state index in [9.17, 15) is 4.79 Å². The number of amides is 1. The van der Waals surface area contributed by atoms with Crippen molar-refractivity contribution < 1.29 is 4.79 Å². The highest BCUT2D eigenvalue weighted by atomic mass is 79.9. The molecule has 0 unspecified atom stereocenters. The third-order valence-corrected chi connectivity index (χ3v) is 4.83. The van der Waals surface area contributed by atoms with Crippen molar-refractivity contribution >= 4 is 27.5 Å². The van der Waals surface area contributed by atoms with Gasteiger partial charge in [0.15, 0.2) is 0 Å². The van der Waals surface area contributed by atoms with Crippen LogP contribution in [0.2, 0.25) is 0 Å². The van der Waals surface area contributed by atoms with Gasteiger partial charge in [-0.05, 0) is 49.9 Å². The first-order valence-electron chi connectivity index (χ1n) is 7.18. The Morgan fingerprint density at radius 1 is 1.43 bits per heavy atom. The summed E-state index contributed by atoms with van der Waals surface area (Å²) in [5.74, 6) is -0.0623. The number of anilines is 1. The maximum Gasteiger partial charge on any atom is 0.221 e. The van der Waals surface area contributed by atoms with Gasteiger partial charge in [-0.25, -0.2) is 0 Å². The molecule has 0 spiro atoms. The van der Waals surface area contributed by atoms with Gasteiger partial charge >= 0.3 is 0 Å². The van der Waals surface area contributed by atoms with Gasteiger partial charge < -0.3 is 5.32 Å². The Labute approximate surface area is 132 Å². The van der Waals surface area contributed by atoms with Crippen LogP contribution in [0, 0.1) is 6.92 Å². The highest BCUT2D eigenvalue weighted by Gasteiger charge is 2.23. The van der Waals surface area contributed by atoms with Crippen LogP contribution in [-0.4, -0.2) is 15.7 Å². The van der Waals surface area contributed by atoms with Crippen molar-refractivity contribution in [2.75, 3.05) is 5.32 Å². The predicted octanol–water partition coefficient (Wildman–Crippen LogP) is 4.30. The normalized spacial score (nSPS) is 14.8. The average Bonchev–Trinajstić information content (AvgIpc) is 2.79. The number of aryl methyl sites for hydroxylation is 1. The molecule has 1 N–H and O–H groups in total. The molecule has 2 aromatic rings. The molecule has 0 atom stereocenters. The van der Waals surface area contributed by atoms with Crippen LogP contribution in [0.3, 0.4) is 0 Å². The largest absolute Gasteiger partial charge is 0.326 e. The molecule has 3 rings (SSSR count). The van der Waals surface area contributed by atoms with E-state index in [1.54, 1.807) is 0 Å². The first kappa shape index (κ1) is 14.3. The SMILES string of the molecule is CC(=O)Nc1cc(C)c(Br)cc1-c1ccnn1C1CCC1. The molecule has 21 heavy (non-hydrogen) atoms. The number of hydrogen-bond donors (Lipinski definition) is 1. The zero-order valence-electron chi connectivity index (χ0n) is 12.2. The number of nitrogens with zero attached hydrogens (tertiary/aromatic N) is 2. The number of hydrogen-bond acceptors (Lipinski definition) is 2. The van der Waals surface area contributed by atoms with E-state index in [1.807, 2.05) is 25.3 Å². The molecule has 4 nitrogen and oxygen atoms in total. The molecule has 0 radical (unpaired) electrons. The zero-order chi connectivity index (χ0) is 15.0. The Hall–Kier alpha value is -1.62. The first-order chi connectivity index (χ1) is 10.1. The summed E-state index contributed by atoms with van der Waals surface area (Å²) in [7, 11) is 0. The third kappa shape index (κ3) is 2.75. The van der Waals surface area contributed by atoms with Gasteiger partial charge in [-0.2, -0.15) is 5.10 Å². The van der Waals surface area contributed by atoms with E-state index in [1.165, 1.54) is 26.2 Å². The molecule has 0 aliphatic heterocycles. The minimum absolute atomic E-state index is 0.0623. The maximum absolute atomic E-state index is 11.5. The number of aromatic nitrogens is 2. The summed E-state index contributed by atoms with van der Waals surface area (Å²) in [4.78, 5) is 11.5. The highest BCUT2D eigenvalue weighted by Crippen LogP contribution is 2.38. The van der Waals surface area contributed by atoms with Crippen LogP contribution in [0.5, 0.6) is 0 Å². The molecule has 1 aliphatic rings. The van der Waals surface area contributed by atoms with Crippen molar-refractivity contribution in [2.24, 2.45) is 0 Å². The van der Waals surface area contributed by atoms with Crippen LogP contribution in [0.15, 0.2) is 28.9 Å². The number of halogens is 1. The average molecular weight is 348 g/mol. The fourth-order valence-corrected chi connectivity index (χ4v) is 2.98. The van der Waals surface area contributed by atoms with Gasteiger partial charge in [0, 0.05) is 23.2 Å². The molecule has 1 saturated carbocycles. The summed E-state index contributed by atoms with van der Waals surface area (Å²) in [6, 6.07) is 6.56. The topological polar surface area (TPSA) is 46.9 Å². The molecule has 1 heterocycles. The number of rotatable bonds is 3. The Morgan fingerprint density at radius 3 is 2.81 bits per heavy atom. The van der Waals surface area contributed by atoms with Crippen LogP contribution in [-0.2, 0) is 4.79 Å². The molecule has 0 saturated heterocycles. The van der Waals surface area contributed by atoms with Crippen LogP contribution >= 0.6 is 15.9 Å². The van der Waals surface area contributed by atoms with Crippen molar-refractivity contribution in [2.45, 2.75) is 39.2 Å². The molecular formula is C16H18BrN3O. The molecule has 110 valence electrons. The number of benzene rings is 1. The lowest BCUT2D eigenvalue weighted by Gasteiger charge is -2.28. The van der Waals surface area contributed by atoms with Gasteiger partial charge in [0.2, 0.25) is 5.91 Å². The number of carbonyl (C=O) groups is 1. The Bertz CT molecular complexity index is 689. The van der Waals surface area contributed by atoms with Gasteiger partial charge in [0.25, 0.3) is 0 Å². The summed E-state index contributed by atoms with van der Waals surface area (Å²) in [5.41, 5.74) is 4.00. The van der Waals surface area contributed by atoms with E-state index in [0.717, 1.165) is 27.0 Å². The van der Waals surface area contributed by atoms with Gasteiger partial charge in [-0.15, -0.1) is 0 Å². The molecule has 1 amide bonds. The summed E-state index contributed by atoms with van der Waals surface area (Å²) in [5, 5.41) is 7.41. The molecule has 1 aliphatic carbocycles. The van der Waals surface area contributed by atoms with Gasteiger partial charge in [0.05, 0.1) is 17.4 Å². The minimum Gasteiger partial charge on any atom is -0.326 e. The Kier molecular flexibility index (Phi) is 3.85. The van der Waals surface area contributed by atoms with E-state index in [4.69, 9.17) is 0 Å². The lowest BCUT2D eigenvalue weighted by molar-refractivity contribution is -0.114. The van der Waals surface area contributed by atoms with E-state index in [-0.39, 0.29) is 5.91 Å². The van der Waals surface area contributed by atoms with E-state index >= 15 is 0 Å². The highest BCUT2D eigenvalue weighted by molar-refractivity contribution is 9.10. The molecule has 1 fully saturated rings. The van der Waals surface area contributed by atoms with Crippen LogP contribution in [0.4, 0.5) is 5.69 Å². The van der Waals surface area contributed by atoms with Crippen molar-refractivity contribution in [3.05, 3.63) is 34.4 Å². The van der Waals surface area contributed by atoms with Crippen molar-refractivity contribution in [1.29, 1.82) is 0 Å². The van der Waals surface area contributed by atoms with Crippen molar-refractivity contribution in [3.8, 4) is 11.3 Å². The lowest BCUT2D eigenvalue weighted by atomic mass is 9.92. The van der Waals surface area contributed by atoms with Crippen molar-refractivity contribution in [3.63, 3.8) is 0 Å². The Morgan fingerprint density at radius 2 is 2.19 bits per heavy atom. The lowest BCUT2D eigenvalue weighted by Crippen LogP contribution is -2.19. The fourth-order valence-electron chi connectivity index (χ4n) is 2.64. The van der Waals surface area contributed by atoms with Crippen LogP contribution in [0.25, 0.3) is 11.3 Å². The Balaban J connectivity index is 2.10. The summed E-state index contributed by atoms with van der Waals surface area (Å²) in [6.07, 6.45) is 5.45.